The van der Waals surface area contributed by atoms with Crippen molar-refractivity contribution in [1.29, 1.82) is 0 Å². The Morgan fingerprint density at radius 2 is 2.09 bits per heavy atom. The van der Waals surface area contributed by atoms with Crippen LogP contribution in [0.1, 0.15) is 32.6 Å². The summed E-state index contributed by atoms with van der Waals surface area (Å²) < 4.78 is 0. The number of rotatable bonds is 5. The van der Waals surface area contributed by atoms with Gasteiger partial charge in [0.2, 0.25) is 0 Å². The molecule has 0 aromatic heterocycles. The highest BCUT2D eigenvalue weighted by atomic mass is 16.2. The molecule has 0 aliphatic heterocycles. The molecule has 2 amide bonds. The van der Waals surface area contributed by atoms with E-state index >= 15 is 0 Å². The first-order valence-electron chi connectivity index (χ1n) is 4.20. The summed E-state index contributed by atoms with van der Waals surface area (Å²) in [6.07, 6.45) is 4.67. The van der Waals surface area contributed by atoms with Gasteiger partial charge in [0, 0.05) is 13.6 Å². The molecule has 0 rings (SSSR count). The van der Waals surface area contributed by atoms with Gasteiger partial charge in [0.15, 0.2) is 0 Å². The number of hydrogen-bond acceptors (Lipinski definition) is 1. The van der Waals surface area contributed by atoms with Crippen molar-refractivity contribution in [2.45, 2.75) is 32.6 Å². The normalized spacial score (nSPS) is 9.27. The van der Waals surface area contributed by atoms with Gasteiger partial charge >= 0.3 is 6.03 Å². The van der Waals surface area contributed by atoms with Crippen molar-refractivity contribution < 1.29 is 4.79 Å². The van der Waals surface area contributed by atoms with Crippen LogP contribution in [-0.4, -0.2) is 19.6 Å². The largest absolute Gasteiger partial charge is 0.340 e. The van der Waals surface area contributed by atoms with E-state index in [1.807, 2.05) is 0 Å². The van der Waals surface area contributed by atoms with Gasteiger partial charge in [-0.25, -0.2) is 10.1 Å². The molecule has 0 spiro atoms. The van der Waals surface area contributed by atoms with E-state index in [1.165, 1.54) is 19.3 Å². The Balaban J connectivity index is 2.95. The predicted octanol–water partition coefficient (Wildman–Crippen LogP) is 1.51. The first-order valence-corrected chi connectivity index (χ1v) is 4.20. The highest BCUT2D eigenvalue weighted by Crippen LogP contribution is 1.96. The molecule has 0 aromatic rings. The Labute approximate surface area is 68.6 Å². The molecule has 65 valence electrons. The van der Waals surface area contributed by atoms with Crippen LogP contribution in [0.3, 0.4) is 0 Å². The van der Waals surface area contributed by atoms with Gasteiger partial charge in [-0.1, -0.05) is 26.2 Å². The molecule has 0 heterocycles. The van der Waals surface area contributed by atoms with Crippen LogP contribution < -0.4 is 10.6 Å². The number of nitrogens with zero attached hydrogens (tertiary/aromatic N) is 1. The average Bonchev–Trinajstić information content (AvgIpc) is 2.04. The van der Waals surface area contributed by atoms with Gasteiger partial charge in [0.25, 0.3) is 0 Å². The number of carbonyl (C=O) groups excluding carboxylic acids is 1. The van der Waals surface area contributed by atoms with Gasteiger partial charge in [0.05, 0.1) is 0 Å². The number of hydrogen-bond donors (Lipinski definition) is 1. The Morgan fingerprint density at radius 3 is 2.64 bits per heavy atom. The Bertz CT molecular complexity index is 104. The summed E-state index contributed by atoms with van der Waals surface area (Å²) in [7, 11) is 1.60. The maximum Gasteiger partial charge on any atom is 0.336 e. The SMILES string of the molecule is CCCCCC[N]C(=O)NC. The molecule has 1 N–H and O–H groups in total. The minimum absolute atomic E-state index is 0.207. The summed E-state index contributed by atoms with van der Waals surface area (Å²) in [5.41, 5.74) is 0. The van der Waals surface area contributed by atoms with E-state index in [0.717, 1.165) is 6.42 Å². The van der Waals surface area contributed by atoms with Crippen LogP contribution in [0.4, 0.5) is 4.79 Å². The van der Waals surface area contributed by atoms with Crippen LogP contribution in [0.15, 0.2) is 0 Å². The van der Waals surface area contributed by atoms with E-state index in [0.29, 0.717) is 6.54 Å². The van der Waals surface area contributed by atoms with Crippen molar-refractivity contribution in [2.24, 2.45) is 0 Å². The highest BCUT2D eigenvalue weighted by Gasteiger charge is 1.95. The van der Waals surface area contributed by atoms with E-state index in [2.05, 4.69) is 17.6 Å². The van der Waals surface area contributed by atoms with Crippen LogP contribution in [0.2, 0.25) is 0 Å². The predicted molar refractivity (Wildman–Crippen MR) is 45.6 cm³/mol. The van der Waals surface area contributed by atoms with E-state index in [1.54, 1.807) is 7.05 Å². The summed E-state index contributed by atoms with van der Waals surface area (Å²) in [5, 5.41) is 6.21. The fourth-order valence-corrected chi connectivity index (χ4v) is 0.798. The molecule has 0 saturated heterocycles. The third-order valence-corrected chi connectivity index (χ3v) is 1.48. The molecule has 1 radical (unpaired) electrons. The highest BCUT2D eigenvalue weighted by molar-refractivity contribution is 5.72. The summed E-state index contributed by atoms with van der Waals surface area (Å²) in [6, 6.07) is -0.207. The Hall–Kier alpha value is -0.730. The number of nitrogens with one attached hydrogen (secondary N) is 1. The van der Waals surface area contributed by atoms with Gasteiger partial charge in [-0.3, -0.25) is 0 Å². The summed E-state index contributed by atoms with van der Waals surface area (Å²) in [4.78, 5) is 10.6. The zero-order valence-corrected chi connectivity index (χ0v) is 7.39. The van der Waals surface area contributed by atoms with Crippen LogP contribution in [0.5, 0.6) is 0 Å². The zero-order valence-electron chi connectivity index (χ0n) is 7.39. The number of carbonyl (C=O) groups is 1. The molecule has 0 unspecified atom stereocenters. The lowest BCUT2D eigenvalue weighted by molar-refractivity contribution is 0.242. The first-order chi connectivity index (χ1) is 5.31. The van der Waals surface area contributed by atoms with Crippen molar-refractivity contribution in [1.82, 2.24) is 10.6 Å². The lowest BCUT2D eigenvalue weighted by Crippen LogP contribution is -2.27. The quantitative estimate of drug-likeness (QED) is 0.604. The van der Waals surface area contributed by atoms with Crippen LogP contribution in [0, 0.1) is 0 Å². The molecule has 0 aliphatic carbocycles. The topological polar surface area (TPSA) is 43.2 Å². The number of urea groups is 1. The van der Waals surface area contributed by atoms with Crippen molar-refractivity contribution in [2.75, 3.05) is 13.6 Å². The lowest BCUT2D eigenvalue weighted by Gasteiger charge is -1.99. The fraction of sp³-hybridized carbons (Fsp3) is 0.875. The van der Waals surface area contributed by atoms with E-state index in [9.17, 15) is 4.79 Å². The average molecular weight is 157 g/mol. The molecule has 0 aliphatic rings. The summed E-state index contributed by atoms with van der Waals surface area (Å²) in [5.74, 6) is 0. The van der Waals surface area contributed by atoms with Gasteiger partial charge in [0.1, 0.15) is 0 Å². The minimum Gasteiger partial charge on any atom is -0.340 e. The second-order valence-electron chi connectivity index (χ2n) is 2.50. The minimum atomic E-state index is -0.207. The van der Waals surface area contributed by atoms with Crippen molar-refractivity contribution in [3.8, 4) is 0 Å². The summed E-state index contributed by atoms with van der Waals surface area (Å²) >= 11 is 0. The van der Waals surface area contributed by atoms with Crippen molar-refractivity contribution in [3.63, 3.8) is 0 Å². The molecule has 0 bridgehead atoms. The molecular formula is C8H17N2O. The van der Waals surface area contributed by atoms with Gasteiger partial charge < -0.3 is 5.32 Å². The zero-order chi connectivity index (χ0) is 8.53. The second kappa shape index (κ2) is 7.38. The van der Waals surface area contributed by atoms with E-state index in [4.69, 9.17) is 0 Å². The Morgan fingerprint density at radius 1 is 1.36 bits per heavy atom. The van der Waals surface area contributed by atoms with Crippen molar-refractivity contribution >= 4 is 6.03 Å². The smallest absolute Gasteiger partial charge is 0.336 e. The number of unbranched alkanes of at least 4 members (excludes halogenated alkanes) is 3. The first kappa shape index (κ1) is 10.3. The molecule has 11 heavy (non-hydrogen) atoms. The lowest BCUT2D eigenvalue weighted by atomic mass is 10.2. The molecule has 0 atom stereocenters. The number of amides is 2. The third kappa shape index (κ3) is 7.16. The molecule has 3 nitrogen and oxygen atoms in total. The molecule has 3 heteroatoms. The Kier molecular flexibility index (Phi) is 6.89. The van der Waals surface area contributed by atoms with E-state index < -0.39 is 0 Å². The third-order valence-electron chi connectivity index (χ3n) is 1.48. The van der Waals surface area contributed by atoms with Gasteiger partial charge in [-0.05, 0) is 6.42 Å². The standard InChI is InChI=1S/C8H17N2O/c1-3-4-5-6-7-10-8(11)9-2/h3-7H2,1-2H3,(H,9,11). The molecular weight excluding hydrogens is 140 g/mol. The van der Waals surface area contributed by atoms with Gasteiger partial charge in [-0.15, -0.1) is 0 Å². The molecule has 0 saturated carbocycles. The van der Waals surface area contributed by atoms with Gasteiger partial charge in [-0.2, -0.15) is 0 Å². The fourth-order valence-electron chi connectivity index (χ4n) is 0.798. The van der Waals surface area contributed by atoms with Crippen LogP contribution in [0.25, 0.3) is 0 Å². The summed E-state index contributed by atoms with van der Waals surface area (Å²) in [6.45, 7) is 2.83. The van der Waals surface area contributed by atoms with Crippen molar-refractivity contribution in [3.05, 3.63) is 0 Å². The molecule has 0 aromatic carbocycles. The maximum atomic E-state index is 10.6. The van der Waals surface area contributed by atoms with Crippen LogP contribution >= 0.6 is 0 Å². The maximum absolute atomic E-state index is 10.6. The van der Waals surface area contributed by atoms with Crippen LogP contribution in [-0.2, 0) is 0 Å². The van der Waals surface area contributed by atoms with E-state index in [-0.39, 0.29) is 6.03 Å². The monoisotopic (exact) mass is 157 g/mol. The second-order valence-corrected chi connectivity index (χ2v) is 2.50. The molecule has 0 fully saturated rings.